The number of aliphatic imine (C=N–C) groups is 1. The molecular formula is C8H15NO. The van der Waals surface area contributed by atoms with Crippen molar-refractivity contribution >= 4 is 5.71 Å². The highest BCUT2D eigenvalue weighted by molar-refractivity contribution is 5.86. The second-order valence-electron chi connectivity index (χ2n) is 2.91. The summed E-state index contributed by atoms with van der Waals surface area (Å²) in [6.07, 6.45) is 4.24. The van der Waals surface area contributed by atoms with Crippen molar-refractivity contribution in [1.29, 1.82) is 0 Å². The third-order valence-electron chi connectivity index (χ3n) is 1.88. The average molecular weight is 141 g/mol. The van der Waals surface area contributed by atoms with E-state index < -0.39 is 0 Å². The summed E-state index contributed by atoms with van der Waals surface area (Å²) in [6, 6.07) is 0.536. The number of aliphatic hydroxyl groups is 1. The molecule has 2 nitrogen and oxygen atoms in total. The van der Waals surface area contributed by atoms with Crippen LogP contribution in [0.2, 0.25) is 0 Å². The van der Waals surface area contributed by atoms with Crippen LogP contribution in [0.3, 0.4) is 0 Å². The molecule has 10 heavy (non-hydrogen) atoms. The van der Waals surface area contributed by atoms with Gasteiger partial charge in [-0.1, -0.05) is 0 Å². The molecule has 0 aromatic carbocycles. The van der Waals surface area contributed by atoms with Crippen LogP contribution < -0.4 is 0 Å². The minimum Gasteiger partial charge on any atom is -0.396 e. The molecule has 1 rings (SSSR count). The molecule has 1 unspecified atom stereocenters. The minimum atomic E-state index is 0.299. The summed E-state index contributed by atoms with van der Waals surface area (Å²) < 4.78 is 0. The molecule has 0 amide bonds. The van der Waals surface area contributed by atoms with Crippen LogP contribution in [0.4, 0.5) is 0 Å². The van der Waals surface area contributed by atoms with Gasteiger partial charge in [-0.3, -0.25) is 4.99 Å². The van der Waals surface area contributed by atoms with Crippen molar-refractivity contribution in [3.63, 3.8) is 0 Å². The Morgan fingerprint density at radius 2 is 2.50 bits per heavy atom. The highest BCUT2D eigenvalue weighted by atomic mass is 16.2. The largest absolute Gasteiger partial charge is 0.396 e. The molecule has 1 atom stereocenters. The molecule has 1 N–H and O–H groups in total. The average Bonchev–Trinajstić information content (AvgIpc) is 2.31. The van der Waals surface area contributed by atoms with Crippen LogP contribution in [0.15, 0.2) is 4.99 Å². The Balaban J connectivity index is 2.22. The van der Waals surface area contributed by atoms with E-state index in [1.807, 2.05) is 0 Å². The molecule has 0 radical (unpaired) electrons. The van der Waals surface area contributed by atoms with Crippen LogP contribution in [0.1, 0.15) is 32.6 Å². The standard InChI is InChI=1S/C8H15NO/c1-7-4-5-8(9-7)3-2-6-10/h7,10H,2-6H2,1H3. The summed E-state index contributed by atoms with van der Waals surface area (Å²) in [4.78, 5) is 4.43. The van der Waals surface area contributed by atoms with Gasteiger partial charge in [0.1, 0.15) is 0 Å². The van der Waals surface area contributed by atoms with Crippen LogP contribution in [-0.4, -0.2) is 23.5 Å². The Morgan fingerprint density at radius 1 is 1.70 bits per heavy atom. The first-order valence-electron chi connectivity index (χ1n) is 3.99. The van der Waals surface area contributed by atoms with Crippen molar-refractivity contribution in [2.45, 2.75) is 38.6 Å². The first kappa shape index (κ1) is 7.73. The van der Waals surface area contributed by atoms with Crippen molar-refractivity contribution in [2.24, 2.45) is 4.99 Å². The van der Waals surface area contributed by atoms with Gasteiger partial charge in [-0.15, -0.1) is 0 Å². The Labute approximate surface area is 62.0 Å². The molecule has 1 aliphatic rings. The van der Waals surface area contributed by atoms with Crippen LogP contribution >= 0.6 is 0 Å². The van der Waals surface area contributed by atoms with Crippen molar-refractivity contribution < 1.29 is 5.11 Å². The normalized spacial score (nSPS) is 25.0. The second-order valence-corrected chi connectivity index (χ2v) is 2.91. The van der Waals surface area contributed by atoms with E-state index in [1.165, 1.54) is 12.1 Å². The predicted molar refractivity (Wildman–Crippen MR) is 42.5 cm³/mol. The van der Waals surface area contributed by atoms with Gasteiger partial charge >= 0.3 is 0 Å². The Kier molecular flexibility index (Phi) is 2.87. The highest BCUT2D eigenvalue weighted by Gasteiger charge is 2.11. The molecule has 0 aromatic rings. The van der Waals surface area contributed by atoms with E-state index in [4.69, 9.17) is 5.11 Å². The molecule has 0 saturated carbocycles. The SMILES string of the molecule is CC1CCC(CCCO)=N1. The fourth-order valence-electron chi connectivity index (χ4n) is 1.29. The first-order chi connectivity index (χ1) is 4.83. The number of hydrogen-bond acceptors (Lipinski definition) is 2. The Morgan fingerprint density at radius 3 is 3.00 bits per heavy atom. The van der Waals surface area contributed by atoms with Gasteiger partial charge in [-0.05, 0) is 32.6 Å². The third kappa shape index (κ3) is 2.10. The van der Waals surface area contributed by atoms with Crippen LogP contribution in [0.5, 0.6) is 0 Å². The van der Waals surface area contributed by atoms with E-state index in [1.54, 1.807) is 0 Å². The summed E-state index contributed by atoms with van der Waals surface area (Å²) in [5.41, 5.74) is 1.31. The van der Waals surface area contributed by atoms with Gasteiger partial charge in [0, 0.05) is 18.4 Å². The monoisotopic (exact) mass is 141 g/mol. The lowest BCUT2D eigenvalue weighted by Gasteiger charge is -1.94. The van der Waals surface area contributed by atoms with E-state index in [0.29, 0.717) is 12.6 Å². The molecule has 0 fully saturated rings. The van der Waals surface area contributed by atoms with E-state index in [2.05, 4.69) is 11.9 Å². The number of nitrogens with zero attached hydrogens (tertiary/aromatic N) is 1. The number of aliphatic hydroxyl groups excluding tert-OH is 1. The minimum absolute atomic E-state index is 0.299. The Hall–Kier alpha value is -0.370. The summed E-state index contributed by atoms with van der Waals surface area (Å²) in [7, 11) is 0. The van der Waals surface area contributed by atoms with E-state index >= 15 is 0 Å². The lowest BCUT2D eigenvalue weighted by Crippen LogP contribution is -1.94. The highest BCUT2D eigenvalue weighted by Crippen LogP contribution is 2.14. The van der Waals surface area contributed by atoms with Crippen molar-refractivity contribution in [3.05, 3.63) is 0 Å². The fourth-order valence-corrected chi connectivity index (χ4v) is 1.29. The molecule has 2 heteroatoms. The lowest BCUT2D eigenvalue weighted by atomic mass is 10.1. The maximum atomic E-state index is 8.54. The predicted octanol–water partition coefficient (Wildman–Crippen LogP) is 1.38. The van der Waals surface area contributed by atoms with E-state index in [9.17, 15) is 0 Å². The molecule has 1 aliphatic heterocycles. The summed E-state index contributed by atoms with van der Waals surface area (Å²) in [5.74, 6) is 0. The molecule has 1 heterocycles. The topological polar surface area (TPSA) is 32.6 Å². The third-order valence-corrected chi connectivity index (χ3v) is 1.88. The number of rotatable bonds is 3. The van der Waals surface area contributed by atoms with Gasteiger partial charge in [-0.25, -0.2) is 0 Å². The van der Waals surface area contributed by atoms with Gasteiger partial charge in [0.15, 0.2) is 0 Å². The van der Waals surface area contributed by atoms with Crippen molar-refractivity contribution in [3.8, 4) is 0 Å². The molecule has 0 bridgehead atoms. The van der Waals surface area contributed by atoms with E-state index in [0.717, 1.165) is 19.3 Å². The molecule has 0 aromatic heterocycles. The Bertz CT molecular complexity index is 131. The summed E-state index contributed by atoms with van der Waals surface area (Å²) >= 11 is 0. The molecule has 58 valence electrons. The van der Waals surface area contributed by atoms with Gasteiger partial charge in [0.2, 0.25) is 0 Å². The quantitative estimate of drug-likeness (QED) is 0.632. The molecule has 0 spiro atoms. The molecule has 0 saturated heterocycles. The summed E-state index contributed by atoms with van der Waals surface area (Å²) in [6.45, 7) is 2.44. The van der Waals surface area contributed by atoms with Gasteiger partial charge < -0.3 is 5.11 Å². The zero-order chi connectivity index (χ0) is 7.40. The summed E-state index contributed by atoms with van der Waals surface area (Å²) in [5, 5.41) is 8.54. The molecule has 0 aliphatic carbocycles. The zero-order valence-electron chi connectivity index (χ0n) is 6.51. The van der Waals surface area contributed by atoms with E-state index in [-0.39, 0.29) is 0 Å². The zero-order valence-corrected chi connectivity index (χ0v) is 6.51. The molecular weight excluding hydrogens is 126 g/mol. The lowest BCUT2D eigenvalue weighted by molar-refractivity contribution is 0.291. The van der Waals surface area contributed by atoms with Crippen molar-refractivity contribution in [2.75, 3.05) is 6.61 Å². The fraction of sp³-hybridized carbons (Fsp3) is 0.875. The van der Waals surface area contributed by atoms with Crippen LogP contribution in [0.25, 0.3) is 0 Å². The smallest absolute Gasteiger partial charge is 0.0474 e. The first-order valence-corrected chi connectivity index (χ1v) is 3.99. The maximum Gasteiger partial charge on any atom is 0.0474 e. The maximum absolute atomic E-state index is 8.54. The van der Waals surface area contributed by atoms with Crippen LogP contribution in [0, 0.1) is 0 Å². The number of hydrogen-bond donors (Lipinski definition) is 1. The van der Waals surface area contributed by atoms with Gasteiger partial charge in [0.25, 0.3) is 0 Å². The second kappa shape index (κ2) is 3.71. The van der Waals surface area contributed by atoms with Gasteiger partial charge in [0.05, 0.1) is 0 Å². The van der Waals surface area contributed by atoms with Gasteiger partial charge in [-0.2, -0.15) is 0 Å². The van der Waals surface area contributed by atoms with Crippen molar-refractivity contribution in [1.82, 2.24) is 0 Å². The van der Waals surface area contributed by atoms with Crippen LogP contribution in [-0.2, 0) is 0 Å².